The van der Waals surface area contributed by atoms with Crippen LogP contribution in [0.4, 0.5) is 0 Å². The number of pyridine rings is 1. The van der Waals surface area contributed by atoms with Gasteiger partial charge in [-0.1, -0.05) is 35.3 Å². The summed E-state index contributed by atoms with van der Waals surface area (Å²) in [5.41, 5.74) is 3.98. The Hall–Kier alpha value is -2.37. The van der Waals surface area contributed by atoms with Gasteiger partial charge in [-0.15, -0.1) is 0 Å². The summed E-state index contributed by atoms with van der Waals surface area (Å²) in [6.07, 6.45) is 1.92. The number of hydrogen-bond acceptors (Lipinski definition) is 4. The lowest BCUT2D eigenvalue weighted by molar-refractivity contribution is -0.305. The average molecular weight is 403 g/mol. The molecule has 1 unspecified atom stereocenters. The third kappa shape index (κ3) is 4.15. The van der Waals surface area contributed by atoms with Gasteiger partial charge in [0.25, 0.3) is 0 Å². The van der Waals surface area contributed by atoms with Crippen LogP contribution in [-0.2, 0) is 11.8 Å². The molecule has 7 heteroatoms. The lowest BCUT2D eigenvalue weighted by Crippen LogP contribution is -2.22. The number of aromatic nitrogens is 3. The van der Waals surface area contributed by atoms with Crippen molar-refractivity contribution in [3.63, 3.8) is 0 Å². The van der Waals surface area contributed by atoms with E-state index in [9.17, 15) is 9.90 Å². The smallest absolute Gasteiger partial charge is 0.131 e. The van der Waals surface area contributed by atoms with Crippen LogP contribution in [0.3, 0.4) is 0 Å². The molecule has 0 aliphatic heterocycles. The summed E-state index contributed by atoms with van der Waals surface area (Å²) in [4.78, 5) is 15.5. The molecule has 27 heavy (non-hydrogen) atoms. The van der Waals surface area contributed by atoms with Crippen LogP contribution in [0, 0.1) is 6.92 Å². The number of benzene rings is 1. The zero-order valence-electron chi connectivity index (χ0n) is 14.9. The number of carbonyl (C=O) groups excluding carboxylic acids is 1. The second kappa shape index (κ2) is 8.11. The van der Waals surface area contributed by atoms with E-state index in [1.807, 2.05) is 37.3 Å². The first kappa shape index (κ1) is 19.4. The molecule has 1 aromatic carbocycles. The maximum absolute atomic E-state index is 11.2. The van der Waals surface area contributed by atoms with Crippen molar-refractivity contribution in [3.8, 4) is 11.4 Å². The highest BCUT2D eigenvalue weighted by Gasteiger charge is 2.27. The summed E-state index contributed by atoms with van der Waals surface area (Å²) in [6.45, 7) is 1.94. The molecular weight excluding hydrogens is 385 g/mol. The molecule has 2 aromatic heterocycles. The fourth-order valence-electron chi connectivity index (χ4n) is 3.27. The molecule has 0 amide bonds. The van der Waals surface area contributed by atoms with E-state index in [-0.39, 0.29) is 12.3 Å². The number of nitrogens with zero attached hydrogens (tertiary/aromatic N) is 3. The number of hydrogen-bond donors (Lipinski definition) is 0. The second-order valence-corrected chi connectivity index (χ2v) is 7.15. The van der Waals surface area contributed by atoms with Gasteiger partial charge in [0.1, 0.15) is 10.8 Å². The number of halogens is 2. The molecule has 140 valence electrons. The SMILES string of the molecule is Cc1cc(Cl)ccc1C(CCC(=O)[O-])c1c(-c2ccccn2)nn(C)c1Cl. The van der Waals surface area contributed by atoms with Gasteiger partial charge in [-0.05, 0) is 55.2 Å². The molecule has 0 saturated heterocycles. The van der Waals surface area contributed by atoms with Gasteiger partial charge in [0, 0.05) is 35.7 Å². The Morgan fingerprint density at radius 1 is 1.26 bits per heavy atom. The summed E-state index contributed by atoms with van der Waals surface area (Å²) in [6, 6.07) is 11.1. The molecule has 0 bridgehead atoms. The molecule has 0 spiro atoms. The van der Waals surface area contributed by atoms with E-state index in [0.29, 0.717) is 28.0 Å². The van der Waals surface area contributed by atoms with E-state index >= 15 is 0 Å². The van der Waals surface area contributed by atoms with Gasteiger partial charge in [-0.3, -0.25) is 9.67 Å². The van der Waals surface area contributed by atoms with E-state index < -0.39 is 5.97 Å². The van der Waals surface area contributed by atoms with Crippen molar-refractivity contribution >= 4 is 29.2 Å². The molecule has 5 nitrogen and oxygen atoms in total. The lowest BCUT2D eigenvalue weighted by atomic mass is 9.84. The van der Waals surface area contributed by atoms with Crippen molar-refractivity contribution in [3.05, 3.63) is 69.5 Å². The van der Waals surface area contributed by atoms with Crippen LogP contribution in [0.2, 0.25) is 10.2 Å². The monoisotopic (exact) mass is 402 g/mol. The molecule has 0 N–H and O–H groups in total. The molecule has 0 aliphatic carbocycles. The standard InChI is InChI=1S/C20H19Cl2N3O2/c1-12-11-13(21)6-7-14(12)15(8-9-17(26)27)18-19(24-25(2)20(18)22)16-5-3-4-10-23-16/h3-7,10-11,15H,8-9H2,1-2H3,(H,26,27)/p-1. The molecule has 0 saturated carbocycles. The zero-order chi connectivity index (χ0) is 19.6. The lowest BCUT2D eigenvalue weighted by Gasteiger charge is -2.21. The minimum atomic E-state index is -1.11. The molecule has 0 fully saturated rings. The minimum Gasteiger partial charge on any atom is -0.550 e. The molecule has 3 aromatic rings. The fourth-order valence-corrected chi connectivity index (χ4v) is 3.75. The van der Waals surface area contributed by atoms with Crippen molar-refractivity contribution in [2.24, 2.45) is 7.05 Å². The Balaban J connectivity index is 2.19. The highest BCUT2D eigenvalue weighted by Crippen LogP contribution is 2.41. The summed E-state index contributed by atoms with van der Waals surface area (Å²) >= 11 is 12.7. The Morgan fingerprint density at radius 2 is 2.04 bits per heavy atom. The summed E-state index contributed by atoms with van der Waals surface area (Å²) < 4.78 is 1.58. The van der Waals surface area contributed by atoms with Gasteiger partial charge in [0.05, 0.1) is 5.69 Å². The summed E-state index contributed by atoms with van der Waals surface area (Å²) in [5, 5.41) is 16.8. The quantitative estimate of drug-likeness (QED) is 0.629. The van der Waals surface area contributed by atoms with Gasteiger partial charge in [0.2, 0.25) is 0 Å². The zero-order valence-corrected chi connectivity index (χ0v) is 16.5. The number of aliphatic carboxylic acids is 1. The Labute approximate surface area is 167 Å². The number of aryl methyl sites for hydroxylation is 2. The van der Waals surface area contributed by atoms with E-state index in [4.69, 9.17) is 23.2 Å². The number of carbonyl (C=O) groups is 1. The van der Waals surface area contributed by atoms with Crippen LogP contribution in [0.25, 0.3) is 11.4 Å². The predicted molar refractivity (Wildman–Crippen MR) is 104 cm³/mol. The molecule has 0 radical (unpaired) electrons. The van der Waals surface area contributed by atoms with E-state index in [1.165, 1.54) is 0 Å². The molecular formula is C20H18Cl2N3O2-. The Kier molecular flexibility index (Phi) is 5.82. The van der Waals surface area contributed by atoms with Crippen molar-refractivity contribution in [2.75, 3.05) is 0 Å². The fraction of sp³-hybridized carbons (Fsp3) is 0.250. The third-order valence-electron chi connectivity index (χ3n) is 4.51. The van der Waals surface area contributed by atoms with Gasteiger partial charge in [0.15, 0.2) is 0 Å². The topological polar surface area (TPSA) is 70.8 Å². The maximum atomic E-state index is 11.2. The first-order chi connectivity index (χ1) is 12.9. The Bertz CT molecular complexity index is 971. The Morgan fingerprint density at radius 3 is 2.67 bits per heavy atom. The van der Waals surface area contributed by atoms with Crippen LogP contribution in [0.15, 0.2) is 42.6 Å². The summed E-state index contributed by atoms with van der Waals surface area (Å²) in [5.74, 6) is -1.38. The van der Waals surface area contributed by atoms with E-state index in [1.54, 1.807) is 24.0 Å². The van der Waals surface area contributed by atoms with Crippen molar-refractivity contribution < 1.29 is 9.90 Å². The van der Waals surface area contributed by atoms with Crippen LogP contribution in [-0.4, -0.2) is 20.7 Å². The van der Waals surface area contributed by atoms with Crippen LogP contribution in [0.1, 0.15) is 35.4 Å². The minimum absolute atomic E-state index is 0.0976. The number of carboxylic acid groups (broad SMARTS) is 1. The molecule has 1 atom stereocenters. The van der Waals surface area contributed by atoms with Gasteiger partial charge < -0.3 is 9.90 Å². The average Bonchev–Trinajstić information content (AvgIpc) is 2.93. The van der Waals surface area contributed by atoms with Crippen LogP contribution >= 0.6 is 23.2 Å². The molecule has 3 rings (SSSR count). The number of carboxylic acids is 1. The third-order valence-corrected chi connectivity index (χ3v) is 5.20. The van der Waals surface area contributed by atoms with E-state index in [2.05, 4.69) is 10.1 Å². The van der Waals surface area contributed by atoms with Crippen molar-refractivity contribution in [2.45, 2.75) is 25.7 Å². The van der Waals surface area contributed by atoms with E-state index in [0.717, 1.165) is 16.7 Å². The first-order valence-electron chi connectivity index (χ1n) is 8.48. The van der Waals surface area contributed by atoms with Crippen LogP contribution in [0.5, 0.6) is 0 Å². The van der Waals surface area contributed by atoms with Crippen molar-refractivity contribution in [1.82, 2.24) is 14.8 Å². The number of rotatable bonds is 6. The van der Waals surface area contributed by atoms with Gasteiger partial charge in [-0.2, -0.15) is 5.10 Å². The predicted octanol–water partition coefficient (Wildman–Crippen LogP) is 3.76. The van der Waals surface area contributed by atoms with Gasteiger partial charge in [-0.25, -0.2) is 0 Å². The normalized spacial score (nSPS) is 12.1. The largest absolute Gasteiger partial charge is 0.550 e. The summed E-state index contributed by atoms with van der Waals surface area (Å²) in [7, 11) is 1.75. The molecule has 0 aliphatic rings. The highest BCUT2D eigenvalue weighted by molar-refractivity contribution is 6.31. The maximum Gasteiger partial charge on any atom is 0.131 e. The van der Waals surface area contributed by atoms with Gasteiger partial charge >= 0.3 is 0 Å². The first-order valence-corrected chi connectivity index (χ1v) is 9.23. The molecule has 2 heterocycles. The van der Waals surface area contributed by atoms with Crippen LogP contribution < -0.4 is 5.11 Å². The highest BCUT2D eigenvalue weighted by atomic mass is 35.5. The van der Waals surface area contributed by atoms with Crippen molar-refractivity contribution in [1.29, 1.82) is 0 Å². The second-order valence-electron chi connectivity index (χ2n) is 6.36.